The molecule has 2 amide bonds. The van der Waals surface area contributed by atoms with E-state index < -0.39 is 4.92 Å². The van der Waals surface area contributed by atoms with E-state index in [-0.39, 0.29) is 29.3 Å². The maximum absolute atomic E-state index is 13.3. The monoisotopic (exact) mass is 364 g/mol. The summed E-state index contributed by atoms with van der Waals surface area (Å²) in [6.07, 6.45) is 5.19. The molecule has 27 heavy (non-hydrogen) atoms. The molecule has 0 radical (unpaired) electrons. The second-order valence-electron chi connectivity index (χ2n) is 8.00. The lowest BCUT2D eigenvalue weighted by Gasteiger charge is -2.32. The fourth-order valence-electron chi connectivity index (χ4n) is 5.64. The maximum Gasteiger partial charge on any atom is 0.277 e. The molecule has 6 rings (SSSR count). The number of hydrogen-bond donors (Lipinski definition) is 0. The number of anilines is 1. The van der Waals surface area contributed by atoms with Crippen molar-refractivity contribution in [3.8, 4) is 0 Å². The molecule has 0 N–H and O–H groups in total. The first-order valence-electron chi connectivity index (χ1n) is 9.62. The van der Waals surface area contributed by atoms with E-state index in [2.05, 4.69) is 0 Å². The molecule has 0 unspecified atom stereocenters. The second kappa shape index (κ2) is 5.87. The van der Waals surface area contributed by atoms with Crippen LogP contribution in [0.4, 0.5) is 11.4 Å². The van der Waals surface area contributed by atoms with Gasteiger partial charge in [-0.15, -0.1) is 0 Å². The third kappa shape index (κ3) is 2.25. The van der Waals surface area contributed by atoms with Crippen LogP contribution in [0.1, 0.15) is 32.1 Å². The number of fused-ring (bicyclic) bond motifs is 4. The maximum atomic E-state index is 13.3. The number of amides is 2. The molecule has 3 aliphatic carbocycles. The number of non-ortho nitro benzene ring substituents is 1. The second-order valence-corrected chi connectivity index (χ2v) is 8.00. The van der Waals surface area contributed by atoms with Crippen molar-refractivity contribution >= 4 is 34.0 Å². The normalized spacial score (nSPS) is 29.9. The molecule has 6 heteroatoms. The van der Waals surface area contributed by atoms with Crippen molar-refractivity contribution < 1.29 is 14.5 Å². The first-order valence-corrected chi connectivity index (χ1v) is 9.62. The van der Waals surface area contributed by atoms with E-state index in [1.165, 1.54) is 11.0 Å². The summed E-state index contributed by atoms with van der Waals surface area (Å²) < 4.78 is 0. The van der Waals surface area contributed by atoms with Gasteiger partial charge in [0, 0.05) is 11.5 Å². The summed E-state index contributed by atoms with van der Waals surface area (Å²) in [5.74, 6) is -0.0688. The van der Waals surface area contributed by atoms with Crippen molar-refractivity contribution in [2.75, 3.05) is 4.90 Å². The summed E-state index contributed by atoms with van der Waals surface area (Å²) in [6, 6.07) is 9.90. The van der Waals surface area contributed by atoms with Crippen LogP contribution in [0, 0.1) is 33.8 Å². The summed E-state index contributed by atoms with van der Waals surface area (Å²) in [6.45, 7) is 0. The fourth-order valence-corrected chi connectivity index (χ4v) is 5.64. The Morgan fingerprint density at radius 1 is 0.852 bits per heavy atom. The topological polar surface area (TPSA) is 80.5 Å². The van der Waals surface area contributed by atoms with Gasteiger partial charge in [0.05, 0.1) is 27.8 Å². The zero-order valence-electron chi connectivity index (χ0n) is 14.8. The highest BCUT2D eigenvalue weighted by Crippen LogP contribution is 2.52. The number of nitro benzene ring substituents is 1. The quantitative estimate of drug-likeness (QED) is 0.457. The molecular formula is C21H20N2O4. The van der Waals surface area contributed by atoms with Gasteiger partial charge in [0.2, 0.25) is 11.8 Å². The van der Waals surface area contributed by atoms with Crippen LogP contribution in [0.25, 0.3) is 10.8 Å². The van der Waals surface area contributed by atoms with Crippen LogP contribution in [0.2, 0.25) is 0 Å². The van der Waals surface area contributed by atoms with Crippen LogP contribution in [-0.4, -0.2) is 16.7 Å². The summed E-state index contributed by atoms with van der Waals surface area (Å²) >= 11 is 0. The average Bonchev–Trinajstić information content (AvgIpc) is 2.87. The zero-order chi connectivity index (χ0) is 18.7. The highest BCUT2D eigenvalue weighted by molar-refractivity contribution is 6.25. The molecule has 1 aliphatic heterocycles. The molecule has 1 heterocycles. The Labute approximate surface area is 156 Å². The number of carbonyl (C=O) groups is 2. The Kier molecular flexibility index (Phi) is 3.57. The lowest BCUT2D eigenvalue weighted by atomic mass is 9.69. The van der Waals surface area contributed by atoms with Crippen LogP contribution in [0.3, 0.4) is 0 Å². The molecular weight excluding hydrogens is 344 g/mol. The standard InChI is InChI=1S/C21H20N2O4/c24-20-18-12-4-3-5-13(9-8-12)19(18)21(25)22(20)16-10-11-17(23(26)27)15-7-2-1-6-14(15)16/h1-2,6-7,10-13,18-19H,3-5,8-9H2/t12-,13+,18+,19-. The minimum atomic E-state index is -0.427. The predicted molar refractivity (Wildman–Crippen MR) is 100 cm³/mol. The van der Waals surface area contributed by atoms with E-state index in [1.54, 1.807) is 30.3 Å². The summed E-state index contributed by atoms with van der Waals surface area (Å²) in [5.41, 5.74) is 0.474. The van der Waals surface area contributed by atoms with E-state index in [1.807, 2.05) is 0 Å². The Hall–Kier alpha value is -2.76. The van der Waals surface area contributed by atoms with E-state index in [0.717, 1.165) is 32.1 Å². The Morgan fingerprint density at radius 2 is 1.44 bits per heavy atom. The Bertz CT molecular complexity index is 951. The number of benzene rings is 2. The molecule has 0 aromatic heterocycles. The summed E-state index contributed by atoms with van der Waals surface area (Å²) in [5, 5.41) is 12.4. The highest BCUT2D eigenvalue weighted by atomic mass is 16.6. The zero-order valence-corrected chi connectivity index (χ0v) is 14.8. The minimum absolute atomic E-state index is 0.0114. The molecule has 138 valence electrons. The van der Waals surface area contributed by atoms with Gasteiger partial charge >= 0.3 is 0 Å². The smallest absolute Gasteiger partial charge is 0.274 e. The third-order valence-electron chi connectivity index (χ3n) is 6.79. The molecule has 2 aromatic carbocycles. The fraction of sp³-hybridized carbons (Fsp3) is 0.429. The van der Waals surface area contributed by atoms with E-state index in [4.69, 9.17) is 0 Å². The minimum Gasteiger partial charge on any atom is -0.274 e. The first-order chi connectivity index (χ1) is 13.1. The number of rotatable bonds is 2. The van der Waals surface area contributed by atoms with Gasteiger partial charge in [-0.25, -0.2) is 4.90 Å². The lowest BCUT2D eigenvalue weighted by Crippen LogP contribution is -2.34. The molecule has 4 atom stereocenters. The van der Waals surface area contributed by atoms with Crippen molar-refractivity contribution in [3.05, 3.63) is 46.5 Å². The van der Waals surface area contributed by atoms with Gasteiger partial charge < -0.3 is 0 Å². The highest BCUT2D eigenvalue weighted by Gasteiger charge is 2.57. The number of nitrogens with zero attached hydrogens (tertiary/aromatic N) is 2. The lowest BCUT2D eigenvalue weighted by molar-refractivity contribution is -0.383. The van der Waals surface area contributed by atoms with Crippen molar-refractivity contribution in [2.24, 2.45) is 23.7 Å². The molecule has 2 aromatic rings. The van der Waals surface area contributed by atoms with Crippen LogP contribution in [-0.2, 0) is 9.59 Å². The van der Waals surface area contributed by atoms with Gasteiger partial charge in [-0.2, -0.15) is 0 Å². The SMILES string of the molecule is O=C1[C@@H]2[C@H]3CCC[C@H](CC3)[C@@H]2C(=O)N1c1ccc([N+](=O)[O-])c2ccccc12. The average molecular weight is 364 g/mol. The molecule has 4 aliphatic rings. The number of nitro groups is 1. The Morgan fingerprint density at radius 3 is 2.04 bits per heavy atom. The Balaban J connectivity index is 1.66. The third-order valence-corrected chi connectivity index (χ3v) is 6.79. The van der Waals surface area contributed by atoms with Gasteiger partial charge in [0.15, 0.2) is 0 Å². The molecule has 4 fully saturated rings. The van der Waals surface area contributed by atoms with Crippen LogP contribution in [0.15, 0.2) is 36.4 Å². The van der Waals surface area contributed by atoms with Crippen molar-refractivity contribution in [2.45, 2.75) is 32.1 Å². The van der Waals surface area contributed by atoms with E-state index in [9.17, 15) is 19.7 Å². The van der Waals surface area contributed by atoms with Crippen molar-refractivity contribution in [1.82, 2.24) is 0 Å². The number of carbonyl (C=O) groups excluding carboxylic acids is 2. The van der Waals surface area contributed by atoms with Crippen LogP contribution < -0.4 is 4.90 Å². The first kappa shape index (κ1) is 16.4. The molecule has 2 bridgehead atoms. The van der Waals surface area contributed by atoms with E-state index >= 15 is 0 Å². The van der Waals surface area contributed by atoms with Gasteiger partial charge in [-0.05, 0) is 49.7 Å². The predicted octanol–water partition coefficient (Wildman–Crippen LogP) is 4.06. The van der Waals surface area contributed by atoms with Crippen molar-refractivity contribution in [3.63, 3.8) is 0 Å². The number of hydrogen-bond acceptors (Lipinski definition) is 4. The van der Waals surface area contributed by atoms with E-state index in [0.29, 0.717) is 28.3 Å². The van der Waals surface area contributed by atoms with Gasteiger partial charge in [-0.3, -0.25) is 19.7 Å². The molecule has 1 saturated heterocycles. The van der Waals surface area contributed by atoms with Crippen LogP contribution in [0.5, 0.6) is 0 Å². The summed E-state index contributed by atoms with van der Waals surface area (Å²) in [4.78, 5) is 38.9. The van der Waals surface area contributed by atoms with Gasteiger partial charge in [0.25, 0.3) is 5.69 Å². The van der Waals surface area contributed by atoms with Gasteiger partial charge in [0.1, 0.15) is 0 Å². The molecule has 6 nitrogen and oxygen atoms in total. The number of imide groups is 1. The van der Waals surface area contributed by atoms with Crippen molar-refractivity contribution in [1.29, 1.82) is 0 Å². The van der Waals surface area contributed by atoms with Gasteiger partial charge in [-0.1, -0.05) is 24.6 Å². The molecule has 3 saturated carbocycles. The molecule has 0 spiro atoms. The largest absolute Gasteiger partial charge is 0.277 e. The summed E-state index contributed by atoms with van der Waals surface area (Å²) in [7, 11) is 0. The van der Waals surface area contributed by atoms with Crippen LogP contribution >= 0.6 is 0 Å².